The summed E-state index contributed by atoms with van der Waals surface area (Å²) in [5, 5.41) is 3.31. The molecule has 0 bridgehead atoms. The number of nitrogens with one attached hydrogen (secondary N) is 1. The maximum atomic E-state index is 14.4. The molecule has 1 aliphatic rings. The van der Waals surface area contributed by atoms with E-state index in [9.17, 15) is 9.18 Å². The number of halogens is 1. The molecule has 0 saturated heterocycles. The molecule has 2 aromatic carbocycles. The molecule has 1 saturated carbocycles. The summed E-state index contributed by atoms with van der Waals surface area (Å²) in [5.74, 6) is -0.293. The largest absolute Gasteiger partial charge is 0.381 e. The predicted molar refractivity (Wildman–Crippen MR) is 117 cm³/mol. The first-order valence-corrected chi connectivity index (χ1v) is 10.3. The van der Waals surface area contributed by atoms with E-state index in [0.29, 0.717) is 6.54 Å². The number of ether oxygens (including phenoxy) is 2. The van der Waals surface area contributed by atoms with Gasteiger partial charge in [0.15, 0.2) is 0 Å². The van der Waals surface area contributed by atoms with Crippen LogP contribution >= 0.6 is 0 Å². The molecule has 1 amide bonds. The number of methoxy groups -OCH3 is 2. The summed E-state index contributed by atoms with van der Waals surface area (Å²) in [4.78, 5) is 13.1. The van der Waals surface area contributed by atoms with Crippen LogP contribution in [0.15, 0.2) is 42.5 Å². The lowest BCUT2D eigenvalue weighted by Gasteiger charge is -2.39. The van der Waals surface area contributed by atoms with Crippen LogP contribution < -0.4 is 10.2 Å². The molecule has 30 heavy (non-hydrogen) atoms. The molecule has 0 aliphatic heterocycles. The molecular weight excluding hydrogens is 383 g/mol. The molecule has 6 heteroatoms. The van der Waals surface area contributed by atoms with Crippen molar-refractivity contribution >= 4 is 17.3 Å². The fraction of sp³-hybridized carbons (Fsp3) is 0.458. The van der Waals surface area contributed by atoms with Gasteiger partial charge in [-0.05, 0) is 67.1 Å². The zero-order valence-corrected chi connectivity index (χ0v) is 18.2. The van der Waals surface area contributed by atoms with Crippen LogP contribution in [-0.4, -0.2) is 33.3 Å². The lowest BCUT2D eigenvalue weighted by molar-refractivity contribution is -0.116. The van der Waals surface area contributed by atoms with Gasteiger partial charge < -0.3 is 19.7 Å². The third-order valence-electron chi connectivity index (χ3n) is 6.18. The van der Waals surface area contributed by atoms with E-state index >= 15 is 0 Å². The molecule has 5 nitrogen and oxygen atoms in total. The second-order valence-corrected chi connectivity index (χ2v) is 7.96. The van der Waals surface area contributed by atoms with Crippen LogP contribution in [0.25, 0.3) is 0 Å². The van der Waals surface area contributed by atoms with Crippen LogP contribution in [0.1, 0.15) is 43.7 Å². The van der Waals surface area contributed by atoms with Crippen LogP contribution in [0.3, 0.4) is 0 Å². The molecular formula is C24H31FN2O3. The quantitative estimate of drug-likeness (QED) is 0.704. The summed E-state index contributed by atoms with van der Waals surface area (Å²) < 4.78 is 25.8. The number of anilines is 2. The summed E-state index contributed by atoms with van der Waals surface area (Å²) in [6, 6.07) is 12.8. The molecule has 0 heterocycles. The first kappa shape index (κ1) is 22.2. The average Bonchev–Trinajstić information content (AvgIpc) is 2.77. The lowest BCUT2D eigenvalue weighted by Crippen LogP contribution is -2.36. The molecule has 0 atom stereocenters. The van der Waals surface area contributed by atoms with E-state index in [1.807, 2.05) is 30.3 Å². The van der Waals surface area contributed by atoms with E-state index in [0.717, 1.165) is 48.2 Å². The Morgan fingerprint density at radius 3 is 2.40 bits per heavy atom. The maximum absolute atomic E-state index is 14.4. The van der Waals surface area contributed by atoms with Gasteiger partial charge in [-0.3, -0.25) is 4.79 Å². The number of amides is 1. The highest BCUT2D eigenvalue weighted by molar-refractivity contribution is 5.90. The molecule has 0 aromatic heterocycles. The molecule has 1 fully saturated rings. The average molecular weight is 415 g/mol. The Hall–Kier alpha value is -2.44. The van der Waals surface area contributed by atoms with Gasteiger partial charge in [-0.15, -0.1) is 0 Å². The van der Waals surface area contributed by atoms with E-state index < -0.39 is 5.60 Å². The minimum Gasteiger partial charge on any atom is -0.381 e. The van der Waals surface area contributed by atoms with Gasteiger partial charge in [0, 0.05) is 46.1 Å². The van der Waals surface area contributed by atoms with Crippen LogP contribution in [0, 0.1) is 5.82 Å². The highest BCUT2D eigenvalue weighted by Crippen LogP contribution is 2.41. The molecule has 3 rings (SSSR count). The monoisotopic (exact) mass is 414 g/mol. The Kier molecular flexibility index (Phi) is 7.10. The summed E-state index contributed by atoms with van der Waals surface area (Å²) in [7, 11) is 5.18. The van der Waals surface area contributed by atoms with Crippen molar-refractivity contribution in [2.45, 2.75) is 50.9 Å². The van der Waals surface area contributed by atoms with Crippen LogP contribution in [0.5, 0.6) is 0 Å². The maximum Gasteiger partial charge on any atom is 0.223 e. The van der Waals surface area contributed by atoms with Gasteiger partial charge in [0.05, 0.1) is 11.7 Å². The number of hydrogen-bond acceptors (Lipinski definition) is 4. The molecule has 2 aromatic rings. The standard InChI is InChI=1S/C24H31FN2O3/c1-17(28)27(2)22-7-5-18(6-8-22)16-26-21-14-19(13-20(25)15-21)24(30-4)11-9-23(29-3)10-12-24/h5-8,13-15,23,26H,9-12,16H2,1-4H3/t23-,24-. The minimum atomic E-state index is -0.480. The Morgan fingerprint density at radius 1 is 1.17 bits per heavy atom. The van der Waals surface area contributed by atoms with E-state index in [4.69, 9.17) is 9.47 Å². The summed E-state index contributed by atoms with van der Waals surface area (Å²) in [5.41, 5.74) is 2.99. The van der Waals surface area contributed by atoms with Crippen molar-refractivity contribution in [3.63, 3.8) is 0 Å². The van der Waals surface area contributed by atoms with Crippen LogP contribution in [0.2, 0.25) is 0 Å². The van der Waals surface area contributed by atoms with Crippen LogP contribution in [0.4, 0.5) is 15.8 Å². The van der Waals surface area contributed by atoms with Crippen molar-refractivity contribution < 1.29 is 18.7 Å². The third kappa shape index (κ3) is 4.99. The van der Waals surface area contributed by atoms with Gasteiger partial charge in [-0.2, -0.15) is 0 Å². The Balaban J connectivity index is 1.72. The van der Waals surface area contributed by atoms with Gasteiger partial charge in [0.1, 0.15) is 5.82 Å². The van der Waals surface area contributed by atoms with Gasteiger partial charge in [0.25, 0.3) is 0 Å². The highest BCUT2D eigenvalue weighted by atomic mass is 19.1. The highest BCUT2D eigenvalue weighted by Gasteiger charge is 2.37. The van der Waals surface area contributed by atoms with Crippen molar-refractivity contribution in [3.05, 3.63) is 59.4 Å². The number of carbonyl (C=O) groups is 1. The van der Waals surface area contributed by atoms with Crippen molar-refractivity contribution in [1.29, 1.82) is 0 Å². The number of benzene rings is 2. The Labute approximate surface area is 178 Å². The molecule has 0 unspecified atom stereocenters. The van der Waals surface area contributed by atoms with E-state index in [1.165, 1.54) is 13.0 Å². The molecule has 1 aliphatic carbocycles. The molecule has 0 radical (unpaired) electrons. The number of carbonyl (C=O) groups excluding carboxylic acids is 1. The van der Waals surface area contributed by atoms with E-state index in [-0.39, 0.29) is 17.8 Å². The number of nitrogens with zero attached hydrogens (tertiary/aromatic N) is 1. The van der Waals surface area contributed by atoms with Crippen molar-refractivity contribution in [2.24, 2.45) is 0 Å². The number of rotatable bonds is 7. The van der Waals surface area contributed by atoms with Gasteiger partial charge >= 0.3 is 0 Å². The Morgan fingerprint density at radius 2 is 1.83 bits per heavy atom. The number of hydrogen-bond donors (Lipinski definition) is 1. The van der Waals surface area contributed by atoms with Crippen molar-refractivity contribution in [3.8, 4) is 0 Å². The van der Waals surface area contributed by atoms with Crippen LogP contribution in [-0.2, 0) is 26.4 Å². The predicted octanol–water partition coefficient (Wildman–Crippen LogP) is 4.85. The second kappa shape index (κ2) is 9.58. The lowest BCUT2D eigenvalue weighted by atomic mass is 9.78. The van der Waals surface area contributed by atoms with Crippen molar-refractivity contribution in [1.82, 2.24) is 0 Å². The first-order valence-electron chi connectivity index (χ1n) is 10.3. The van der Waals surface area contributed by atoms with Gasteiger partial charge in [-0.25, -0.2) is 4.39 Å². The van der Waals surface area contributed by atoms with E-state index in [1.54, 1.807) is 32.2 Å². The topological polar surface area (TPSA) is 50.8 Å². The van der Waals surface area contributed by atoms with Crippen molar-refractivity contribution in [2.75, 3.05) is 31.5 Å². The zero-order chi connectivity index (χ0) is 21.7. The molecule has 1 N–H and O–H groups in total. The summed E-state index contributed by atoms with van der Waals surface area (Å²) >= 11 is 0. The summed E-state index contributed by atoms with van der Waals surface area (Å²) in [6.45, 7) is 2.09. The zero-order valence-electron chi connectivity index (χ0n) is 18.2. The Bertz CT molecular complexity index is 861. The second-order valence-electron chi connectivity index (χ2n) is 7.96. The minimum absolute atomic E-state index is 0.0141. The normalized spacial score (nSPS) is 21.3. The fourth-order valence-corrected chi connectivity index (χ4v) is 4.08. The fourth-order valence-electron chi connectivity index (χ4n) is 4.08. The smallest absolute Gasteiger partial charge is 0.223 e. The van der Waals surface area contributed by atoms with E-state index in [2.05, 4.69) is 5.32 Å². The van der Waals surface area contributed by atoms with Gasteiger partial charge in [-0.1, -0.05) is 12.1 Å². The summed E-state index contributed by atoms with van der Waals surface area (Å²) in [6.07, 6.45) is 3.63. The third-order valence-corrected chi connectivity index (χ3v) is 6.18. The molecule has 162 valence electrons. The first-order chi connectivity index (χ1) is 14.4. The molecule has 0 spiro atoms. The SMILES string of the molecule is CO[C@H]1CC[C@@](OC)(c2cc(F)cc(NCc3ccc(N(C)C(C)=O)cc3)c2)CC1. The van der Waals surface area contributed by atoms with Gasteiger partial charge in [0.2, 0.25) is 5.91 Å².